The second kappa shape index (κ2) is 8.44. The Labute approximate surface area is 179 Å². The van der Waals surface area contributed by atoms with E-state index in [9.17, 15) is 14.0 Å². The van der Waals surface area contributed by atoms with Gasteiger partial charge in [0.2, 0.25) is 0 Å². The summed E-state index contributed by atoms with van der Waals surface area (Å²) < 4.78 is 19.4. The molecule has 0 aliphatic carbocycles. The Bertz CT molecular complexity index is 1150. The smallest absolute Gasteiger partial charge is 0.282 e. The first-order valence-corrected chi connectivity index (χ1v) is 9.92. The van der Waals surface area contributed by atoms with Crippen LogP contribution < -0.4 is 15.0 Å². The number of benzene rings is 3. The molecule has 0 saturated carbocycles. The molecule has 4 rings (SSSR count). The number of nitrogens with zero attached hydrogens (tertiary/aromatic N) is 1. The third-order valence-corrected chi connectivity index (χ3v) is 4.71. The Hall–Kier alpha value is -3.93. The van der Waals surface area contributed by atoms with Gasteiger partial charge >= 0.3 is 0 Å². The molecule has 0 unspecified atom stereocenters. The number of anilines is 2. The summed E-state index contributed by atoms with van der Waals surface area (Å²) in [6.45, 7) is 3.87. The zero-order chi connectivity index (χ0) is 22.0. The molecule has 0 fully saturated rings. The maximum atomic E-state index is 13.8. The minimum absolute atomic E-state index is 0.0417. The highest BCUT2D eigenvalue weighted by molar-refractivity contribution is 6.46. The van der Waals surface area contributed by atoms with Gasteiger partial charge in [-0.15, -0.1) is 0 Å². The Kier molecular flexibility index (Phi) is 5.54. The van der Waals surface area contributed by atoms with Gasteiger partial charge in [0, 0.05) is 5.69 Å². The van der Waals surface area contributed by atoms with Crippen molar-refractivity contribution in [3.63, 3.8) is 0 Å². The molecule has 0 saturated heterocycles. The van der Waals surface area contributed by atoms with Gasteiger partial charge in [0.1, 0.15) is 17.3 Å². The quantitative estimate of drug-likeness (QED) is 0.574. The van der Waals surface area contributed by atoms with Crippen LogP contribution in [0.1, 0.15) is 19.4 Å². The predicted molar refractivity (Wildman–Crippen MR) is 118 cm³/mol. The van der Waals surface area contributed by atoms with Crippen molar-refractivity contribution in [3.8, 4) is 5.75 Å². The lowest BCUT2D eigenvalue weighted by molar-refractivity contribution is -0.120. The number of hydrogen-bond acceptors (Lipinski definition) is 4. The second-order valence-corrected chi connectivity index (χ2v) is 7.36. The number of imide groups is 1. The van der Waals surface area contributed by atoms with Crippen LogP contribution in [0.2, 0.25) is 0 Å². The van der Waals surface area contributed by atoms with Crippen LogP contribution in [-0.4, -0.2) is 17.9 Å². The lowest BCUT2D eigenvalue weighted by Crippen LogP contribution is -2.32. The largest absolute Gasteiger partial charge is 0.491 e. The van der Waals surface area contributed by atoms with E-state index < -0.39 is 17.6 Å². The van der Waals surface area contributed by atoms with Gasteiger partial charge in [-0.2, -0.15) is 0 Å². The molecular formula is C25H21FN2O3. The normalized spacial score (nSPS) is 13.9. The molecule has 156 valence electrons. The average Bonchev–Trinajstić information content (AvgIpc) is 2.99. The Morgan fingerprint density at radius 1 is 0.871 bits per heavy atom. The van der Waals surface area contributed by atoms with Crippen LogP contribution >= 0.6 is 0 Å². The lowest BCUT2D eigenvalue weighted by Gasteiger charge is -2.15. The number of carbonyl (C=O) groups excluding carboxylic acids is 2. The van der Waals surface area contributed by atoms with Crippen LogP contribution in [0, 0.1) is 5.82 Å². The van der Waals surface area contributed by atoms with Crippen molar-refractivity contribution >= 4 is 28.8 Å². The molecule has 0 radical (unpaired) electrons. The van der Waals surface area contributed by atoms with Crippen molar-refractivity contribution in [2.45, 2.75) is 20.0 Å². The van der Waals surface area contributed by atoms with E-state index in [-0.39, 0.29) is 23.1 Å². The lowest BCUT2D eigenvalue weighted by atomic mass is 10.0. The van der Waals surface area contributed by atoms with Gasteiger partial charge in [-0.25, -0.2) is 9.29 Å². The summed E-state index contributed by atoms with van der Waals surface area (Å²) in [4.78, 5) is 27.5. The Balaban J connectivity index is 1.73. The van der Waals surface area contributed by atoms with Crippen LogP contribution in [-0.2, 0) is 9.59 Å². The fourth-order valence-electron chi connectivity index (χ4n) is 3.40. The minimum atomic E-state index is -0.544. The molecule has 1 aliphatic heterocycles. The van der Waals surface area contributed by atoms with Crippen molar-refractivity contribution in [1.29, 1.82) is 0 Å². The summed E-state index contributed by atoms with van der Waals surface area (Å²) in [5.41, 5.74) is 1.78. The van der Waals surface area contributed by atoms with Crippen LogP contribution in [0.15, 0.2) is 84.6 Å². The highest BCUT2D eigenvalue weighted by Crippen LogP contribution is 2.34. The third kappa shape index (κ3) is 4.19. The highest BCUT2D eigenvalue weighted by atomic mass is 19.1. The minimum Gasteiger partial charge on any atom is -0.491 e. The highest BCUT2D eigenvalue weighted by Gasteiger charge is 2.40. The molecule has 2 amide bonds. The summed E-state index contributed by atoms with van der Waals surface area (Å²) in [7, 11) is 0. The molecular weight excluding hydrogens is 395 g/mol. The van der Waals surface area contributed by atoms with Crippen molar-refractivity contribution in [1.82, 2.24) is 0 Å². The molecule has 1 N–H and O–H groups in total. The first kappa shape index (κ1) is 20.3. The average molecular weight is 416 g/mol. The maximum absolute atomic E-state index is 13.8. The number of amides is 2. The summed E-state index contributed by atoms with van der Waals surface area (Å²) in [6.07, 6.45) is 0.0417. The number of carbonyl (C=O) groups is 2. The molecule has 3 aromatic rings. The number of hydrogen-bond donors (Lipinski definition) is 1. The third-order valence-electron chi connectivity index (χ3n) is 4.71. The van der Waals surface area contributed by atoms with Gasteiger partial charge in [0.25, 0.3) is 11.8 Å². The van der Waals surface area contributed by atoms with Crippen molar-refractivity contribution in [3.05, 3.63) is 95.9 Å². The van der Waals surface area contributed by atoms with Gasteiger partial charge in [-0.1, -0.05) is 36.4 Å². The summed E-state index contributed by atoms with van der Waals surface area (Å²) in [5, 5.41) is 3.08. The van der Waals surface area contributed by atoms with E-state index in [1.54, 1.807) is 48.5 Å². The molecule has 5 nitrogen and oxygen atoms in total. The molecule has 0 atom stereocenters. The fourth-order valence-corrected chi connectivity index (χ4v) is 3.40. The molecule has 1 aliphatic rings. The van der Waals surface area contributed by atoms with Gasteiger partial charge in [0.05, 0.1) is 17.4 Å². The van der Waals surface area contributed by atoms with E-state index in [0.717, 1.165) is 4.90 Å². The van der Waals surface area contributed by atoms with Gasteiger partial charge in [-0.3, -0.25) is 9.59 Å². The monoisotopic (exact) mass is 416 g/mol. The van der Waals surface area contributed by atoms with E-state index in [2.05, 4.69) is 5.32 Å². The number of halogens is 1. The van der Waals surface area contributed by atoms with Gasteiger partial charge in [-0.05, 0) is 61.9 Å². The van der Waals surface area contributed by atoms with E-state index in [1.807, 2.05) is 19.9 Å². The zero-order valence-corrected chi connectivity index (χ0v) is 17.1. The molecule has 3 aromatic carbocycles. The van der Waals surface area contributed by atoms with Gasteiger partial charge < -0.3 is 10.1 Å². The molecule has 31 heavy (non-hydrogen) atoms. The maximum Gasteiger partial charge on any atom is 0.282 e. The SMILES string of the molecule is CC(C)Oc1ccc(NC2=C(c3ccccc3)C(=O)N(c3cccc(F)c3)C2=O)cc1. The standard InChI is InChI=1S/C25H21FN2O3/c1-16(2)31-21-13-11-19(12-14-21)27-23-22(17-7-4-3-5-8-17)24(29)28(25(23)30)20-10-6-9-18(26)15-20/h3-16,27H,1-2H3. The summed E-state index contributed by atoms with van der Waals surface area (Å²) in [5.74, 6) is -0.879. The van der Waals surface area contributed by atoms with Crippen LogP contribution in [0.25, 0.3) is 5.57 Å². The fraction of sp³-hybridized carbons (Fsp3) is 0.120. The van der Waals surface area contributed by atoms with Gasteiger partial charge in [0.15, 0.2) is 0 Å². The molecule has 6 heteroatoms. The van der Waals surface area contributed by atoms with Crippen LogP contribution in [0.5, 0.6) is 5.75 Å². The Morgan fingerprint density at radius 3 is 2.23 bits per heavy atom. The van der Waals surface area contributed by atoms with E-state index >= 15 is 0 Å². The van der Waals surface area contributed by atoms with E-state index in [1.165, 1.54) is 24.3 Å². The topological polar surface area (TPSA) is 58.6 Å². The predicted octanol–water partition coefficient (Wildman–Crippen LogP) is 5.01. The van der Waals surface area contributed by atoms with Crippen LogP contribution in [0.3, 0.4) is 0 Å². The summed E-state index contributed by atoms with van der Waals surface area (Å²) in [6, 6.07) is 21.5. The number of rotatable bonds is 6. The van der Waals surface area contributed by atoms with E-state index in [4.69, 9.17) is 4.74 Å². The van der Waals surface area contributed by atoms with E-state index in [0.29, 0.717) is 17.0 Å². The first-order chi connectivity index (χ1) is 14.9. The summed E-state index contributed by atoms with van der Waals surface area (Å²) >= 11 is 0. The zero-order valence-electron chi connectivity index (χ0n) is 17.1. The molecule has 0 aromatic heterocycles. The molecule has 0 spiro atoms. The van der Waals surface area contributed by atoms with Crippen molar-refractivity contribution in [2.24, 2.45) is 0 Å². The number of ether oxygens (including phenoxy) is 1. The van der Waals surface area contributed by atoms with Crippen LogP contribution in [0.4, 0.5) is 15.8 Å². The second-order valence-electron chi connectivity index (χ2n) is 7.36. The van der Waals surface area contributed by atoms with Crippen molar-refractivity contribution < 1.29 is 18.7 Å². The van der Waals surface area contributed by atoms with Crippen molar-refractivity contribution in [2.75, 3.05) is 10.2 Å². The molecule has 0 bridgehead atoms. The first-order valence-electron chi connectivity index (χ1n) is 9.92. The Morgan fingerprint density at radius 2 is 1.58 bits per heavy atom. The number of nitrogens with one attached hydrogen (secondary N) is 1. The molecule has 1 heterocycles.